The van der Waals surface area contributed by atoms with E-state index >= 15 is 0 Å². The van der Waals surface area contributed by atoms with Gasteiger partial charge in [0.15, 0.2) is 6.29 Å². The summed E-state index contributed by atoms with van der Waals surface area (Å²) in [6.45, 7) is 3.40. The molecule has 6 nitrogen and oxygen atoms in total. The molecule has 0 spiro atoms. The molecule has 0 N–H and O–H groups in total. The number of hydrogen-bond donors (Lipinski definition) is 0. The molecule has 0 aromatic heterocycles. The molecule has 0 fully saturated rings. The van der Waals surface area contributed by atoms with Crippen LogP contribution in [0.2, 0.25) is 0 Å². The van der Waals surface area contributed by atoms with E-state index in [1.54, 1.807) is 13.8 Å². The molecule has 0 bridgehead atoms. The molecule has 1 rings (SSSR count). The van der Waals surface area contributed by atoms with Crippen molar-refractivity contribution < 1.29 is 19.2 Å². The lowest BCUT2D eigenvalue weighted by Crippen LogP contribution is -2.08. The SMILES string of the molecule is CCOC(=O)c1cc(C=O)c([N+](=O)[O-])cc1C. The molecule has 17 heavy (non-hydrogen) atoms. The van der Waals surface area contributed by atoms with Crippen LogP contribution in [-0.2, 0) is 4.74 Å². The Hall–Kier alpha value is -2.24. The molecule has 6 heteroatoms. The van der Waals surface area contributed by atoms with E-state index in [0.29, 0.717) is 11.8 Å². The van der Waals surface area contributed by atoms with Crippen LogP contribution >= 0.6 is 0 Å². The van der Waals surface area contributed by atoms with Crippen molar-refractivity contribution in [2.45, 2.75) is 13.8 Å². The predicted molar refractivity (Wildman–Crippen MR) is 59.2 cm³/mol. The van der Waals surface area contributed by atoms with Crippen LogP contribution in [0.15, 0.2) is 12.1 Å². The van der Waals surface area contributed by atoms with Crippen molar-refractivity contribution in [2.24, 2.45) is 0 Å². The number of aryl methyl sites for hydroxylation is 1. The number of nitro benzene ring substituents is 1. The molecular weight excluding hydrogens is 226 g/mol. The average Bonchev–Trinajstić information content (AvgIpc) is 2.28. The van der Waals surface area contributed by atoms with Crippen LogP contribution < -0.4 is 0 Å². The fourth-order valence-electron chi connectivity index (χ4n) is 1.39. The van der Waals surface area contributed by atoms with Gasteiger partial charge in [-0.3, -0.25) is 14.9 Å². The number of nitro groups is 1. The van der Waals surface area contributed by atoms with Crippen molar-refractivity contribution in [3.63, 3.8) is 0 Å². The normalized spacial score (nSPS) is 9.76. The third-order valence-electron chi connectivity index (χ3n) is 2.19. The lowest BCUT2D eigenvalue weighted by atomic mass is 10.0. The quantitative estimate of drug-likeness (QED) is 0.345. The fourth-order valence-corrected chi connectivity index (χ4v) is 1.39. The van der Waals surface area contributed by atoms with Crippen molar-refractivity contribution >= 4 is 17.9 Å². The van der Waals surface area contributed by atoms with Gasteiger partial charge in [-0.1, -0.05) is 0 Å². The Kier molecular flexibility index (Phi) is 3.92. The van der Waals surface area contributed by atoms with E-state index in [2.05, 4.69) is 0 Å². The lowest BCUT2D eigenvalue weighted by Gasteiger charge is -2.06. The van der Waals surface area contributed by atoms with E-state index in [0.717, 1.165) is 0 Å². The smallest absolute Gasteiger partial charge is 0.338 e. The maximum atomic E-state index is 11.5. The highest BCUT2D eigenvalue weighted by Crippen LogP contribution is 2.22. The highest BCUT2D eigenvalue weighted by Gasteiger charge is 2.19. The molecule has 0 aliphatic carbocycles. The molecule has 0 aliphatic heterocycles. The van der Waals surface area contributed by atoms with Crippen molar-refractivity contribution in [2.75, 3.05) is 6.61 Å². The van der Waals surface area contributed by atoms with Crippen molar-refractivity contribution in [1.82, 2.24) is 0 Å². The van der Waals surface area contributed by atoms with E-state index in [9.17, 15) is 19.7 Å². The van der Waals surface area contributed by atoms with E-state index in [1.807, 2.05) is 0 Å². The first-order valence-corrected chi connectivity index (χ1v) is 4.92. The van der Waals surface area contributed by atoms with Crippen LogP contribution in [0.3, 0.4) is 0 Å². The molecule has 1 aromatic rings. The zero-order valence-corrected chi connectivity index (χ0v) is 9.43. The molecule has 0 aliphatic rings. The van der Waals surface area contributed by atoms with E-state index in [4.69, 9.17) is 4.74 Å². The summed E-state index contributed by atoms with van der Waals surface area (Å²) in [5, 5.41) is 10.7. The number of hydrogen-bond acceptors (Lipinski definition) is 5. The minimum absolute atomic E-state index is 0.136. The molecular formula is C11H11NO5. The van der Waals surface area contributed by atoms with E-state index < -0.39 is 10.9 Å². The van der Waals surface area contributed by atoms with Gasteiger partial charge >= 0.3 is 5.97 Å². The Morgan fingerprint density at radius 2 is 2.18 bits per heavy atom. The number of esters is 1. The summed E-state index contributed by atoms with van der Waals surface area (Å²) in [5.74, 6) is -0.594. The number of carbonyl (C=O) groups is 2. The first kappa shape index (κ1) is 12.8. The Morgan fingerprint density at radius 1 is 1.53 bits per heavy atom. The molecule has 0 saturated heterocycles. The summed E-state index contributed by atoms with van der Waals surface area (Å²) in [5.41, 5.74) is 0.120. The van der Waals surface area contributed by atoms with E-state index in [-0.39, 0.29) is 23.4 Å². The number of rotatable bonds is 4. The molecule has 0 saturated carbocycles. The van der Waals surface area contributed by atoms with Gasteiger partial charge in [0, 0.05) is 6.07 Å². The zero-order valence-electron chi connectivity index (χ0n) is 9.43. The van der Waals surface area contributed by atoms with Crippen molar-refractivity contribution in [3.8, 4) is 0 Å². The molecule has 0 atom stereocenters. The summed E-state index contributed by atoms with van der Waals surface area (Å²) >= 11 is 0. The fraction of sp³-hybridized carbons (Fsp3) is 0.273. The molecule has 1 aromatic carbocycles. The second-order valence-electron chi connectivity index (χ2n) is 3.32. The third-order valence-corrected chi connectivity index (χ3v) is 2.19. The minimum Gasteiger partial charge on any atom is -0.462 e. The Labute approximate surface area is 97.3 Å². The van der Waals surface area contributed by atoms with Gasteiger partial charge in [-0.05, 0) is 25.5 Å². The van der Waals surface area contributed by atoms with Gasteiger partial charge in [0.2, 0.25) is 0 Å². The van der Waals surface area contributed by atoms with Gasteiger partial charge in [-0.15, -0.1) is 0 Å². The topological polar surface area (TPSA) is 86.5 Å². The predicted octanol–water partition coefficient (Wildman–Crippen LogP) is 1.89. The Bertz CT molecular complexity index is 481. The summed E-state index contributed by atoms with van der Waals surface area (Å²) in [6.07, 6.45) is 0.348. The number of benzene rings is 1. The molecule has 0 amide bonds. The maximum Gasteiger partial charge on any atom is 0.338 e. The van der Waals surface area contributed by atoms with Crippen LogP contribution in [-0.4, -0.2) is 23.8 Å². The van der Waals surface area contributed by atoms with Crippen molar-refractivity contribution in [1.29, 1.82) is 0 Å². The number of nitrogens with zero attached hydrogens (tertiary/aromatic N) is 1. The summed E-state index contributed by atoms with van der Waals surface area (Å²) in [6, 6.07) is 2.37. The van der Waals surface area contributed by atoms with Crippen LogP contribution in [0, 0.1) is 17.0 Å². The molecule has 90 valence electrons. The van der Waals surface area contributed by atoms with Crippen LogP contribution in [0.1, 0.15) is 33.2 Å². The number of aldehydes is 1. The first-order chi connectivity index (χ1) is 8.01. The van der Waals surface area contributed by atoms with Crippen LogP contribution in [0.5, 0.6) is 0 Å². The van der Waals surface area contributed by atoms with Gasteiger partial charge in [0.1, 0.15) is 0 Å². The van der Waals surface area contributed by atoms with Gasteiger partial charge in [0.05, 0.1) is 22.7 Å². The first-order valence-electron chi connectivity index (χ1n) is 4.92. The second kappa shape index (κ2) is 5.20. The zero-order chi connectivity index (χ0) is 13.0. The second-order valence-corrected chi connectivity index (χ2v) is 3.32. The molecule has 0 radical (unpaired) electrons. The monoisotopic (exact) mass is 237 g/mol. The summed E-state index contributed by atoms with van der Waals surface area (Å²) in [7, 11) is 0. The van der Waals surface area contributed by atoms with E-state index in [1.165, 1.54) is 12.1 Å². The van der Waals surface area contributed by atoms with Gasteiger partial charge in [-0.2, -0.15) is 0 Å². The molecule has 0 heterocycles. The summed E-state index contributed by atoms with van der Waals surface area (Å²) in [4.78, 5) is 32.2. The Morgan fingerprint density at radius 3 is 2.65 bits per heavy atom. The Balaban J connectivity index is 3.32. The minimum atomic E-state index is -0.661. The van der Waals surface area contributed by atoms with Crippen LogP contribution in [0.4, 0.5) is 5.69 Å². The number of carbonyl (C=O) groups excluding carboxylic acids is 2. The van der Waals surface area contributed by atoms with Gasteiger partial charge in [-0.25, -0.2) is 4.79 Å². The standard InChI is InChI=1S/C11H11NO5/c1-3-17-11(14)9-5-8(6-13)10(12(15)16)4-7(9)2/h4-6H,3H2,1-2H3. The van der Waals surface area contributed by atoms with Gasteiger partial charge in [0.25, 0.3) is 5.69 Å². The van der Waals surface area contributed by atoms with Gasteiger partial charge < -0.3 is 4.74 Å². The number of ether oxygens (including phenoxy) is 1. The largest absolute Gasteiger partial charge is 0.462 e. The molecule has 0 unspecified atom stereocenters. The van der Waals surface area contributed by atoms with Crippen molar-refractivity contribution in [3.05, 3.63) is 38.9 Å². The average molecular weight is 237 g/mol. The maximum absolute atomic E-state index is 11.5. The lowest BCUT2D eigenvalue weighted by molar-refractivity contribution is -0.385. The highest BCUT2D eigenvalue weighted by molar-refractivity contribution is 5.95. The third kappa shape index (κ3) is 2.66. The van der Waals surface area contributed by atoms with Crippen LogP contribution in [0.25, 0.3) is 0 Å². The summed E-state index contributed by atoms with van der Waals surface area (Å²) < 4.78 is 4.78. The highest BCUT2D eigenvalue weighted by atomic mass is 16.6.